The van der Waals surface area contributed by atoms with E-state index in [9.17, 15) is 5.11 Å². The van der Waals surface area contributed by atoms with Crippen molar-refractivity contribution >= 4 is 11.6 Å². The van der Waals surface area contributed by atoms with Gasteiger partial charge in [-0.15, -0.1) is 0 Å². The van der Waals surface area contributed by atoms with Gasteiger partial charge in [-0.3, -0.25) is 4.68 Å². The molecule has 20 heavy (non-hydrogen) atoms. The van der Waals surface area contributed by atoms with E-state index in [1.54, 1.807) is 24.3 Å². The molecule has 2 heterocycles. The second-order valence-electron chi connectivity index (χ2n) is 4.82. The van der Waals surface area contributed by atoms with Gasteiger partial charge in [0.1, 0.15) is 6.10 Å². The third kappa shape index (κ3) is 2.87. The Labute approximate surface area is 123 Å². The maximum Gasteiger partial charge on any atom is 0.139 e. The normalized spacial score (nSPS) is 13.1. The van der Waals surface area contributed by atoms with Crippen LogP contribution in [0.2, 0.25) is 5.02 Å². The number of aromatic nitrogens is 4. The minimum absolute atomic E-state index is 0.205. The lowest BCUT2D eigenvalue weighted by Crippen LogP contribution is -2.16. The van der Waals surface area contributed by atoms with E-state index in [4.69, 9.17) is 16.3 Å². The summed E-state index contributed by atoms with van der Waals surface area (Å²) in [7, 11) is 1.62. The summed E-state index contributed by atoms with van der Waals surface area (Å²) in [5.41, 5.74) is 1.26. The van der Waals surface area contributed by atoms with E-state index in [0.717, 1.165) is 0 Å². The highest BCUT2D eigenvalue weighted by atomic mass is 35.5. The number of ether oxygens (including phenoxy) is 1. The molecule has 2 aromatic rings. The number of aliphatic hydroxyl groups excluding tert-OH is 1. The number of rotatable bonds is 6. The maximum atomic E-state index is 10.6. The predicted octanol–water partition coefficient (Wildman–Crippen LogP) is 2.04. The molecule has 1 atom stereocenters. The van der Waals surface area contributed by atoms with Gasteiger partial charge >= 0.3 is 0 Å². The highest BCUT2D eigenvalue weighted by Gasteiger charge is 2.23. The zero-order chi connectivity index (χ0) is 14.7. The van der Waals surface area contributed by atoms with Crippen LogP contribution < -0.4 is 0 Å². The molecule has 7 heteroatoms. The van der Waals surface area contributed by atoms with E-state index in [1.807, 2.05) is 18.4 Å². The summed E-state index contributed by atoms with van der Waals surface area (Å²) in [4.78, 5) is 4.10. The molecule has 1 unspecified atom stereocenters. The van der Waals surface area contributed by atoms with Crippen molar-refractivity contribution in [1.82, 2.24) is 19.3 Å². The predicted molar refractivity (Wildman–Crippen MR) is 75.8 cm³/mol. The largest absolute Gasteiger partial charge is 0.383 e. The molecule has 0 bridgehead atoms. The number of aliphatic hydroxyl groups is 1. The molecule has 1 N–H and O–H groups in total. The lowest BCUT2D eigenvalue weighted by Gasteiger charge is -2.18. The van der Waals surface area contributed by atoms with Crippen LogP contribution in [0.5, 0.6) is 0 Å². The summed E-state index contributed by atoms with van der Waals surface area (Å²) in [6, 6.07) is 0.205. The number of hydrogen-bond donors (Lipinski definition) is 1. The van der Waals surface area contributed by atoms with E-state index in [0.29, 0.717) is 29.6 Å². The summed E-state index contributed by atoms with van der Waals surface area (Å²) in [5, 5.41) is 15.2. The fourth-order valence-corrected chi connectivity index (χ4v) is 2.34. The second-order valence-corrected chi connectivity index (χ2v) is 5.22. The van der Waals surface area contributed by atoms with Gasteiger partial charge in [-0.2, -0.15) is 5.10 Å². The van der Waals surface area contributed by atoms with Crippen LogP contribution in [0.3, 0.4) is 0 Å². The Balaban J connectivity index is 2.35. The van der Waals surface area contributed by atoms with Crippen LogP contribution in [-0.2, 0) is 11.3 Å². The summed E-state index contributed by atoms with van der Waals surface area (Å²) < 4.78 is 8.61. The van der Waals surface area contributed by atoms with Crippen molar-refractivity contribution in [3.63, 3.8) is 0 Å². The third-order valence-corrected chi connectivity index (χ3v) is 3.42. The van der Waals surface area contributed by atoms with Gasteiger partial charge in [0, 0.05) is 13.2 Å². The molecule has 0 saturated heterocycles. The van der Waals surface area contributed by atoms with Gasteiger partial charge in [0.05, 0.1) is 48.3 Å². The molecule has 0 amide bonds. The van der Waals surface area contributed by atoms with Gasteiger partial charge in [0.2, 0.25) is 0 Å². The fourth-order valence-electron chi connectivity index (χ4n) is 2.10. The van der Waals surface area contributed by atoms with Gasteiger partial charge < -0.3 is 14.4 Å². The maximum absolute atomic E-state index is 10.6. The Bertz CT molecular complexity index is 564. The topological polar surface area (TPSA) is 65.1 Å². The highest BCUT2D eigenvalue weighted by Crippen LogP contribution is 2.29. The first-order chi connectivity index (χ1) is 9.56. The van der Waals surface area contributed by atoms with Crippen LogP contribution in [0, 0.1) is 0 Å². The summed E-state index contributed by atoms with van der Waals surface area (Å²) in [6.45, 7) is 5.09. The van der Waals surface area contributed by atoms with Crippen LogP contribution in [-0.4, -0.2) is 38.2 Å². The molecule has 110 valence electrons. The Morgan fingerprint density at radius 3 is 2.80 bits per heavy atom. The van der Waals surface area contributed by atoms with Crippen molar-refractivity contribution in [1.29, 1.82) is 0 Å². The van der Waals surface area contributed by atoms with Crippen molar-refractivity contribution in [2.24, 2.45) is 0 Å². The smallest absolute Gasteiger partial charge is 0.139 e. The number of hydrogen-bond acceptors (Lipinski definition) is 4. The van der Waals surface area contributed by atoms with Crippen molar-refractivity contribution in [2.45, 2.75) is 32.5 Å². The van der Waals surface area contributed by atoms with Crippen LogP contribution >= 0.6 is 11.6 Å². The van der Waals surface area contributed by atoms with E-state index in [-0.39, 0.29) is 6.04 Å². The molecule has 0 aliphatic rings. The lowest BCUT2D eigenvalue weighted by atomic mass is 10.2. The number of halogens is 1. The molecule has 0 aliphatic carbocycles. The molecule has 2 aromatic heterocycles. The quantitative estimate of drug-likeness (QED) is 0.886. The first-order valence-electron chi connectivity index (χ1n) is 6.46. The minimum Gasteiger partial charge on any atom is -0.383 e. The molecule has 0 aliphatic heterocycles. The summed E-state index contributed by atoms with van der Waals surface area (Å²) in [5.74, 6) is 0. The van der Waals surface area contributed by atoms with E-state index < -0.39 is 6.10 Å². The molecule has 0 aromatic carbocycles. The van der Waals surface area contributed by atoms with E-state index >= 15 is 0 Å². The molecule has 0 radical (unpaired) electrons. The summed E-state index contributed by atoms with van der Waals surface area (Å²) in [6.07, 6.45) is 4.01. The average molecular weight is 299 g/mol. The molecule has 0 saturated carbocycles. The first-order valence-corrected chi connectivity index (χ1v) is 6.84. The van der Waals surface area contributed by atoms with Gasteiger partial charge in [-0.05, 0) is 13.8 Å². The van der Waals surface area contributed by atoms with Gasteiger partial charge in [0.15, 0.2) is 0 Å². The standard InChI is InChI=1S/C13H19ClN4O2/c1-9(2)17-8-15-7-11(17)13(19)12-10(14)6-16-18(12)4-5-20-3/h6-9,13,19H,4-5H2,1-3H3. The van der Waals surface area contributed by atoms with Crippen LogP contribution in [0.15, 0.2) is 18.7 Å². The SMILES string of the molecule is COCCn1ncc(Cl)c1C(O)c1cncn1C(C)C. The van der Waals surface area contributed by atoms with Gasteiger partial charge in [0.25, 0.3) is 0 Å². The van der Waals surface area contributed by atoms with Gasteiger partial charge in [-0.25, -0.2) is 4.98 Å². The third-order valence-electron chi connectivity index (χ3n) is 3.13. The monoisotopic (exact) mass is 298 g/mol. The number of nitrogens with zero attached hydrogens (tertiary/aromatic N) is 4. The Morgan fingerprint density at radius 1 is 1.40 bits per heavy atom. The van der Waals surface area contributed by atoms with Crippen molar-refractivity contribution in [3.05, 3.63) is 35.1 Å². The fraction of sp³-hybridized carbons (Fsp3) is 0.538. The van der Waals surface area contributed by atoms with Crippen LogP contribution in [0.1, 0.15) is 37.4 Å². The average Bonchev–Trinajstić information content (AvgIpc) is 3.02. The molecule has 0 fully saturated rings. The molecular weight excluding hydrogens is 280 g/mol. The van der Waals surface area contributed by atoms with E-state index in [1.165, 1.54) is 6.20 Å². The molecule has 6 nitrogen and oxygen atoms in total. The van der Waals surface area contributed by atoms with E-state index in [2.05, 4.69) is 10.1 Å². The molecule has 2 rings (SSSR count). The van der Waals surface area contributed by atoms with Crippen LogP contribution in [0.25, 0.3) is 0 Å². The van der Waals surface area contributed by atoms with Gasteiger partial charge in [-0.1, -0.05) is 11.6 Å². The lowest BCUT2D eigenvalue weighted by molar-refractivity contribution is 0.168. The van der Waals surface area contributed by atoms with Crippen molar-refractivity contribution < 1.29 is 9.84 Å². The van der Waals surface area contributed by atoms with Crippen LogP contribution in [0.4, 0.5) is 0 Å². The Kier molecular flexibility index (Phi) is 4.80. The number of imidazole rings is 1. The summed E-state index contributed by atoms with van der Waals surface area (Å²) >= 11 is 6.15. The minimum atomic E-state index is -0.869. The first kappa shape index (κ1) is 15.0. The van der Waals surface area contributed by atoms with Crippen molar-refractivity contribution in [2.75, 3.05) is 13.7 Å². The highest BCUT2D eigenvalue weighted by molar-refractivity contribution is 6.31. The Hall–Kier alpha value is -1.37. The molecule has 0 spiro atoms. The second kappa shape index (κ2) is 6.39. The molecular formula is C13H19ClN4O2. The Morgan fingerprint density at radius 2 is 2.15 bits per heavy atom. The van der Waals surface area contributed by atoms with Crippen molar-refractivity contribution in [3.8, 4) is 0 Å². The zero-order valence-corrected chi connectivity index (χ0v) is 12.6. The number of methoxy groups -OCH3 is 1. The zero-order valence-electron chi connectivity index (χ0n) is 11.8.